The average Bonchev–Trinajstić information content (AvgIpc) is 3.09. The molecule has 20 heavy (non-hydrogen) atoms. The number of hydrogen-bond acceptors (Lipinski definition) is 3. The van der Waals surface area contributed by atoms with Gasteiger partial charge in [-0.2, -0.15) is 0 Å². The molecule has 4 nitrogen and oxygen atoms in total. The molecule has 0 aliphatic heterocycles. The van der Waals surface area contributed by atoms with E-state index in [2.05, 4.69) is 0 Å². The monoisotopic (exact) mass is 275 g/mol. The lowest BCUT2D eigenvalue weighted by molar-refractivity contribution is -0.131. The fraction of sp³-hybridized carbons (Fsp3) is 0.500. The topological polar surface area (TPSA) is 46.6 Å². The predicted molar refractivity (Wildman–Crippen MR) is 76.1 cm³/mol. The first-order valence-electron chi connectivity index (χ1n) is 6.86. The van der Waals surface area contributed by atoms with E-state index in [1.165, 1.54) is 11.8 Å². The lowest BCUT2D eigenvalue weighted by Gasteiger charge is -2.32. The van der Waals surface area contributed by atoms with E-state index in [4.69, 9.17) is 4.74 Å². The molecule has 1 aliphatic rings. The first kappa shape index (κ1) is 14.6. The van der Waals surface area contributed by atoms with Crippen molar-refractivity contribution in [1.29, 1.82) is 0 Å². The lowest BCUT2D eigenvalue weighted by Crippen LogP contribution is -2.46. The zero-order chi connectivity index (χ0) is 15.0. The molecular formula is C16H21NO3. The van der Waals surface area contributed by atoms with Crippen molar-refractivity contribution in [3.05, 3.63) is 35.9 Å². The molecule has 2 rings (SSSR count). The summed E-state index contributed by atoms with van der Waals surface area (Å²) < 4.78 is 5.38. The largest absolute Gasteiger partial charge is 0.443 e. The maximum atomic E-state index is 12.3. The summed E-state index contributed by atoms with van der Waals surface area (Å²) in [5.74, 6) is -0.277. The quantitative estimate of drug-likeness (QED) is 0.830. The van der Waals surface area contributed by atoms with Crippen molar-refractivity contribution in [3.8, 4) is 0 Å². The van der Waals surface area contributed by atoms with Gasteiger partial charge < -0.3 is 4.74 Å². The van der Waals surface area contributed by atoms with Crippen molar-refractivity contribution in [2.24, 2.45) is 0 Å². The molecule has 1 aliphatic carbocycles. The van der Waals surface area contributed by atoms with E-state index in [1.54, 1.807) is 20.8 Å². The highest BCUT2D eigenvalue weighted by molar-refractivity contribution is 5.92. The number of rotatable bonds is 2. The summed E-state index contributed by atoms with van der Waals surface area (Å²) in [4.78, 5) is 25.6. The summed E-state index contributed by atoms with van der Waals surface area (Å²) in [6, 6.07) is 9.66. The second-order valence-corrected chi connectivity index (χ2v) is 6.23. The van der Waals surface area contributed by atoms with E-state index in [0.717, 1.165) is 18.4 Å². The first-order valence-corrected chi connectivity index (χ1v) is 6.86. The minimum Gasteiger partial charge on any atom is -0.443 e. The van der Waals surface area contributed by atoms with Crippen LogP contribution < -0.4 is 0 Å². The smallest absolute Gasteiger partial charge is 0.417 e. The Morgan fingerprint density at radius 1 is 1.15 bits per heavy atom. The minimum atomic E-state index is -0.614. The summed E-state index contributed by atoms with van der Waals surface area (Å²) in [6.45, 7) is 6.80. The van der Waals surface area contributed by atoms with Gasteiger partial charge in [-0.15, -0.1) is 0 Å². The molecule has 0 heterocycles. The van der Waals surface area contributed by atoms with E-state index in [0.29, 0.717) is 0 Å². The van der Waals surface area contributed by atoms with Crippen LogP contribution in [0.15, 0.2) is 30.3 Å². The molecule has 1 aromatic carbocycles. The summed E-state index contributed by atoms with van der Waals surface area (Å²) in [7, 11) is 0. The highest BCUT2D eigenvalue weighted by Gasteiger charge is 2.54. The highest BCUT2D eigenvalue weighted by Crippen LogP contribution is 2.51. The molecule has 1 fully saturated rings. The van der Waals surface area contributed by atoms with E-state index in [1.807, 2.05) is 30.3 Å². The maximum Gasteiger partial charge on any atom is 0.417 e. The molecular weight excluding hydrogens is 254 g/mol. The number of imide groups is 1. The van der Waals surface area contributed by atoms with Gasteiger partial charge in [-0.1, -0.05) is 30.3 Å². The number of benzene rings is 1. The fourth-order valence-corrected chi connectivity index (χ4v) is 2.42. The Labute approximate surface area is 119 Å². The zero-order valence-corrected chi connectivity index (χ0v) is 12.5. The lowest BCUT2D eigenvalue weighted by atomic mass is 10.0. The first-order chi connectivity index (χ1) is 9.26. The second-order valence-electron chi connectivity index (χ2n) is 6.23. The maximum absolute atomic E-state index is 12.3. The number of nitrogens with zero attached hydrogens (tertiary/aromatic N) is 1. The molecule has 0 spiro atoms. The van der Waals surface area contributed by atoms with Crippen molar-refractivity contribution < 1.29 is 14.3 Å². The number of carbonyl (C=O) groups is 2. The van der Waals surface area contributed by atoms with Crippen molar-refractivity contribution in [2.45, 2.75) is 51.7 Å². The van der Waals surface area contributed by atoms with Gasteiger partial charge in [0, 0.05) is 6.92 Å². The van der Waals surface area contributed by atoms with Gasteiger partial charge in [0.2, 0.25) is 5.91 Å². The summed E-state index contributed by atoms with van der Waals surface area (Å²) >= 11 is 0. The molecule has 0 unspecified atom stereocenters. The fourth-order valence-electron chi connectivity index (χ4n) is 2.42. The number of ether oxygens (including phenoxy) is 1. The summed E-state index contributed by atoms with van der Waals surface area (Å²) in [5, 5.41) is 0. The molecule has 0 saturated heterocycles. The van der Waals surface area contributed by atoms with Crippen molar-refractivity contribution >= 4 is 12.0 Å². The van der Waals surface area contributed by atoms with Crippen LogP contribution in [-0.2, 0) is 15.1 Å². The SMILES string of the molecule is CC(=O)N(C(=O)OC(C)(C)C)C1(c2ccccc2)CC1. The summed E-state index contributed by atoms with van der Waals surface area (Å²) in [6.07, 6.45) is 1.01. The van der Waals surface area contributed by atoms with Gasteiger partial charge in [0.1, 0.15) is 5.60 Å². The van der Waals surface area contributed by atoms with E-state index >= 15 is 0 Å². The highest BCUT2D eigenvalue weighted by atomic mass is 16.6. The minimum absolute atomic E-state index is 0.277. The van der Waals surface area contributed by atoms with Gasteiger partial charge in [-0.05, 0) is 39.2 Å². The Hall–Kier alpha value is -1.84. The average molecular weight is 275 g/mol. The molecule has 1 saturated carbocycles. The summed E-state index contributed by atoms with van der Waals surface area (Å²) in [5.41, 5.74) is -0.145. The Morgan fingerprint density at radius 3 is 2.10 bits per heavy atom. The number of carbonyl (C=O) groups excluding carboxylic acids is 2. The molecule has 0 aromatic heterocycles. The molecule has 0 radical (unpaired) electrons. The number of hydrogen-bond donors (Lipinski definition) is 0. The molecule has 0 N–H and O–H groups in total. The number of amides is 2. The van der Waals surface area contributed by atoms with Crippen molar-refractivity contribution in [1.82, 2.24) is 4.90 Å². The third kappa shape index (κ3) is 2.84. The van der Waals surface area contributed by atoms with Crippen LogP contribution in [-0.4, -0.2) is 22.5 Å². The molecule has 4 heteroatoms. The molecule has 1 aromatic rings. The van der Waals surface area contributed by atoms with Crippen LogP contribution in [0.5, 0.6) is 0 Å². The predicted octanol–water partition coefficient (Wildman–Crippen LogP) is 3.46. The molecule has 0 atom stereocenters. The standard InChI is InChI=1S/C16H21NO3/c1-12(18)17(14(19)20-15(2,3)4)16(10-11-16)13-8-6-5-7-9-13/h5-9H,10-11H2,1-4H3. The molecule has 0 bridgehead atoms. The Kier molecular flexibility index (Phi) is 3.59. The van der Waals surface area contributed by atoms with Crippen molar-refractivity contribution in [3.63, 3.8) is 0 Å². The Bertz CT molecular complexity index is 512. The van der Waals surface area contributed by atoms with Gasteiger partial charge in [0.05, 0.1) is 5.54 Å². The van der Waals surface area contributed by atoms with Crippen molar-refractivity contribution in [2.75, 3.05) is 0 Å². The third-order valence-electron chi connectivity index (χ3n) is 3.35. The second kappa shape index (κ2) is 4.93. The van der Waals surface area contributed by atoms with E-state index in [-0.39, 0.29) is 5.91 Å². The molecule has 108 valence electrons. The normalized spacial score (nSPS) is 16.4. The van der Waals surface area contributed by atoms with Crippen LogP contribution in [0, 0.1) is 0 Å². The molecule has 2 amide bonds. The van der Waals surface area contributed by atoms with E-state index < -0.39 is 17.2 Å². The van der Waals surface area contributed by atoms with Crippen LogP contribution >= 0.6 is 0 Å². The van der Waals surface area contributed by atoms with Gasteiger partial charge in [-0.25, -0.2) is 9.69 Å². The Morgan fingerprint density at radius 2 is 1.70 bits per heavy atom. The Balaban J connectivity index is 2.31. The van der Waals surface area contributed by atoms with Crippen LogP contribution in [0.2, 0.25) is 0 Å². The zero-order valence-electron chi connectivity index (χ0n) is 12.5. The van der Waals surface area contributed by atoms with Crippen LogP contribution in [0.4, 0.5) is 4.79 Å². The van der Waals surface area contributed by atoms with Gasteiger partial charge in [0.25, 0.3) is 0 Å². The third-order valence-corrected chi connectivity index (χ3v) is 3.35. The van der Waals surface area contributed by atoms with Crippen LogP contribution in [0.3, 0.4) is 0 Å². The van der Waals surface area contributed by atoms with Gasteiger partial charge >= 0.3 is 6.09 Å². The van der Waals surface area contributed by atoms with Crippen LogP contribution in [0.1, 0.15) is 46.1 Å². The van der Waals surface area contributed by atoms with Gasteiger partial charge in [0.15, 0.2) is 0 Å². The van der Waals surface area contributed by atoms with E-state index in [9.17, 15) is 9.59 Å². The van der Waals surface area contributed by atoms with Gasteiger partial charge in [-0.3, -0.25) is 4.79 Å². The van der Waals surface area contributed by atoms with Crippen LogP contribution in [0.25, 0.3) is 0 Å².